The van der Waals surface area contributed by atoms with E-state index in [1.54, 1.807) is 19.2 Å². The topological polar surface area (TPSA) is 99.5 Å². The lowest BCUT2D eigenvalue weighted by Gasteiger charge is -2.31. The predicted octanol–water partition coefficient (Wildman–Crippen LogP) is 3.64. The van der Waals surface area contributed by atoms with Gasteiger partial charge < -0.3 is 9.64 Å². The van der Waals surface area contributed by atoms with Gasteiger partial charge in [-0.1, -0.05) is 25.0 Å². The zero-order valence-electron chi connectivity index (χ0n) is 17.6. The number of likely N-dealkylation sites (tertiary alicyclic amines) is 1. The number of benzene rings is 2. The lowest BCUT2D eigenvalue weighted by Crippen LogP contribution is -2.34. The summed E-state index contributed by atoms with van der Waals surface area (Å²) in [5.74, 6) is 0.666. The number of carbonyl (C=O) groups excluding carboxylic acids is 1. The molecule has 1 amide bonds. The maximum Gasteiger partial charge on any atom is 0.254 e. The second-order valence-corrected chi connectivity index (χ2v) is 9.23. The molecule has 2 aromatic rings. The third kappa shape index (κ3) is 5.63. The van der Waals surface area contributed by atoms with E-state index in [1.807, 2.05) is 35.2 Å². The van der Waals surface area contributed by atoms with Gasteiger partial charge in [0.1, 0.15) is 5.75 Å². The van der Waals surface area contributed by atoms with Gasteiger partial charge in [0.2, 0.25) is 10.0 Å². The smallest absolute Gasteiger partial charge is 0.254 e. The number of ether oxygens (including phenoxy) is 1. The molecule has 2 aromatic carbocycles. The van der Waals surface area contributed by atoms with Crippen molar-refractivity contribution in [3.8, 4) is 11.8 Å². The number of carbonyl (C=O) groups is 1. The van der Waals surface area contributed by atoms with Crippen molar-refractivity contribution < 1.29 is 17.9 Å². The first kappa shape index (κ1) is 22.8. The van der Waals surface area contributed by atoms with E-state index in [-0.39, 0.29) is 29.8 Å². The van der Waals surface area contributed by atoms with Gasteiger partial charge in [-0.05, 0) is 54.8 Å². The van der Waals surface area contributed by atoms with Crippen molar-refractivity contribution in [1.82, 2.24) is 9.62 Å². The van der Waals surface area contributed by atoms with Crippen LogP contribution in [0, 0.1) is 11.3 Å². The van der Waals surface area contributed by atoms with Crippen LogP contribution in [0.25, 0.3) is 0 Å². The van der Waals surface area contributed by atoms with Crippen molar-refractivity contribution in [3.05, 3.63) is 59.7 Å². The normalized spacial score (nSPS) is 16.9. The van der Waals surface area contributed by atoms with Crippen molar-refractivity contribution in [3.63, 3.8) is 0 Å². The first-order valence-corrected chi connectivity index (χ1v) is 11.9. The molecule has 1 fully saturated rings. The molecule has 0 saturated carbocycles. The van der Waals surface area contributed by atoms with Gasteiger partial charge in [0.05, 0.1) is 24.1 Å². The van der Waals surface area contributed by atoms with Crippen LogP contribution in [0.4, 0.5) is 0 Å². The minimum atomic E-state index is -3.70. The highest BCUT2D eigenvalue weighted by Crippen LogP contribution is 2.32. The van der Waals surface area contributed by atoms with Crippen molar-refractivity contribution >= 4 is 15.9 Å². The van der Waals surface area contributed by atoms with Gasteiger partial charge in [0.25, 0.3) is 5.91 Å². The van der Waals surface area contributed by atoms with Crippen LogP contribution in [-0.2, 0) is 10.0 Å². The predicted molar refractivity (Wildman–Crippen MR) is 117 cm³/mol. The average molecular weight is 442 g/mol. The van der Waals surface area contributed by atoms with E-state index in [9.17, 15) is 13.2 Å². The summed E-state index contributed by atoms with van der Waals surface area (Å²) in [7, 11) is -2.08. The Morgan fingerprint density at radius 3 is 2.48 bits per heavy atom. The Morgan fingerprint density at radius 2 is 1.84 bits per heavy atom. The molecule has 0 bridgehead atoms. The van der Waals surface area contributed by atoms with Crippen LogP contribution >= 0.6 is 0 Å². The van der Waals surface area contributed by atoms with Crippen LogP contribution < -0.4 is 9.46 Å². The summed E-state index contributed by atoms with van der Waals surface area (Å²) in [6.07, 6.45) is 4.03. The van der Waals surface area contributed by atoms with E-state index in [0.29, 0.717) is 12.1 Å². The average Bonchev–Trinajstić information content (AvgIpc) is 3.05. The summed E-state index contributed by atoms with van der Waals surface area (Å²) in [6.45, 7) is 0.710. The summed E-state index contributed by atoms with van der Waals surface area (Å²) >= 11 is 0. The van der Waals surface area contributed by atoms with Crippen LogP contribution in [0.5, 0.6) is 5.75 Å². The van der Waals surface area contributed by atoms with Crippen LogP contribution in [0.3, 0.4) is 0 Å². The summed E-state index contributed by atoms with van der Waals surface area (Å²) in [6, 6.07) is 15.6. The Labute approximate surface area is 183 Å². The Kier molecular flexibility index (Phi) is 7.66. The zero-order chi connectivity index (χ0) is 22.3. The van der Waals surface area contributed by atoms with Gasteiger partial charge in [0, 0.05) is 25.1 Å². The van der Waals surface area contributed by atoms with Crippen molar-refractivity contribution in [2.75, 3.05) is 20.2 Å². The molecule has 0 aromatic heterocycles. The van der Waals surface area contributed by atoms with E-state index in [0.717, 1.165) is 37.0 Å². The minimum Gasteiger partial charge on any atom is -0.497 e. The van der Waals surface area contributed by atoms with Gasteiger partial charge in [-0.3, -0.25) is 4.79 Å². The summed E-state index contributed by atoms with van der Waals surface area (Å²) in [5, 5.41) is 8.57. The second-order valence-electron chi connectivity index (χ2n) is 7.47. The number of hydrogen-bond donors (Lipinski definition) is 1. The maximum atomic E-state index is 13.3. The fraction of sp³-hybridized carbons (Fsp3) is 0.391. The van der Waals surface area contributed by atoms with Crippen LogP contribution in [0.2, 0.25) is 0 Å². The third-order valence-corrected chi connectivity index (χ3v) is 6.93. The lowest BCUT2D eigenvalue weighted by molar-refractivity contribution is 0.0681. The number of sulfonamides is 1. The quantitative estimate of drug-likeness (QED) is 0.661. The van der Waals surface area contributed by atoms with E-state index in [4.69, 9.17) is 10.00 Å². The van der Waals surface area contributed by atoms with Crippen LogP contribution in [0.1, 0.15) is 54.1 Å². The van der Waals surface area contributed by atoms with E-state index >= 15 is 0 Å². The summed E-state index contributed by atoms with van der Waals surface area (Å²) in [5.41, 5.74) is 1.52. The molecule has 1 heterocycles. The Bertz CT molecular complexity index is 1030. The number of nitrogens with zero attached hydrogens (tertiary/aromatic N) is 2. The van der Waals surface area contributed by atoms with Crippen molar-refractivity contribution in [1.29, 1.82) is 5.26 Å². The summed E-state index contributed by atoms with van der Waals surface area (Å²) in [4.78, 5) is 15.3. The van der Waals surface area contributed by atoms with Crippen molar-refractivity contribution in [2.24, 2.45) is 0 Å². The Balaban J connectivity index is 1.81. The van der Waals surface area contributed by atoms with E-state index in [1.165, 1.54) is 12.1 Å². The fourth-order valence-corrected chi connectivity index (χ4v) is 4.82. The molecule has 0 spiro atoms. The molecule has 8 heteroatoms. The molecule has 1 aliphatic rings. The van der Waals surface area contributed by atoms with Crippen LogP contribution in [-0.4, -0.2) is 39.4 Å². The SMILES string of the molecule is COc1ccc(C2CCCCCN2C(=O)c2ccc(S(=O)(=O)NCCC#N)cc2)cc1. The number of hydrogen-bond acceptors (Lipinski definition) is 5. The van der Waals surface area contributed by atoms with Gasteiger partial charge >= 0.3 is 0 Å². The molecule has 164 valence electrons. The van der Waals surface area contributed by atoms with Crippen molar-refractivity contribution in [2.45, 2.75) is 43.0 Å². The number of nitriles is 1. The number of amides is 1. The minimum absolute atomic E-state index is 0.0306. The second kappa shape index (κ2) is 10.4. The molecular formula is C23H27N3O4S. The Hall–Kier alpha value is -2.89. The molecular weight excluding hydrogens is 414 g/mol. The molecule has 1 aliphatic heterocycles. The number of rotatable bonds is 7. The van der Waals surface area contributed by atoms with Crippen LogP contribution in [0.15, 0.2) is 53.4 Å². The van der Waals surface area contributed by atoms with E-state index < -0.39 is 10.0 Å². The van der Waals surface area contributed by atoms with Gasteiger partial charge in [-0.25, -0.2) is 13.1 Å². The fourth-order valence-electron chi connectivity index (χ4n) is 3.79. The Morgan fingerprint density at radius 1 is 1.13 bits per heavy atom. The molecule has 1 atom stereocenters. The summed E-state index contributed by atoms with van der Waals surface area (Å²) < 4.78 is 32.2. The molecule has 1 N–H and O–H groups in total. The first-order valence-electron chi connectivity index (χ1n) is 10.4. The highest BCUT2D eigenvalue weighted by Gasteiger charge is 2.28. The molecule has 0 aliphatic carbocycles. The number of nitrogens with one attached hydrogen (secondary N) is 1. The zero-order valence-corrected chi connectivity index (χ0v) is 18.4. The van der Waals surface area contributed by atoms with Gasteiger partial charge in [-0.15, -0.1) is 0 Å². The maximum absolute atomic E-state index is 13.3. The van der Waals surface area contributed by atoms with Gasteiger partial charge in [0.15, 0.2) is 0 Å². The van der Waals surface area contributed by atoms with E-state index in [2.05, 4.69) is 4.72 Å². The molecule has 31 heavy (non-hydrogen) atoms. The van der Waals surface area contributed by atoms with Gasteiger partial charge in [-0.2, -0.15) is 5.26 Å². The third-order valence-electron chi connectivity index (χ3n) is 5.45. The monoisotopic (exact) mass is 441 g/mol. The number of methoxy groups -OCH3 is 1. The first-order chi connectivity index (χ1) is 15.0. The molecule has 7 nitrogen and oxygen atoms in total. The molecule has 0 radical (unpaired) electrons. The molecule has 1 saturated heterocycles. The largest absolute Gasteiger partial charge is 0.497 e. The molecule has 1 unspecified atom stereocenters. The highest BCUT2D eigenvalue weighted by atomic mass is 32.2. The highest BCUT2D eigenvalue weighted by molar-refractivity contribution is 7.89. The standard InChI is InChI=1S/C23H27N3O4S/c1-30-20-11-7-18(8-12-20)22-6-3-2-4-17-26(22)23(27)19-9-13-21(14-10-19)31(28,29)25-16-5-15-24/h7-14,22,25H,2-6,16-17H2,1H3. The lowest BCUT2D eigenvalue weighted by atomic mass is 10.00. The molecule has 3 rings (SSSR count).